The lowest BCUT2D eigenvalue weighted by atomic mass is 10.1. The highest BCUT2D eigenvalue weighted by molar-refractivity contribution is 6.39. The zero-order valence-electron chi connectivity index (χ0n) is 18.9. The van der Waals surface area contributed by atoms with Crippen LogP contribution in [0.1, 0.15) is 23.6 Å². The van der Waals surface area contributed by atoms with E-state index in [2.05, 4.69) is 5.32 Å². The minimum absolute atomic E-state index is 0.136. The number of anilines is 1. The third kappa shape index (κ3) is 5.15. The number of hydrogen-bond donors (Lipinski definition) is 1. The van der Waals surface area contributed by atoms with E-state index >= 15 is 0 Å². The molecule has 0 aliphatic carbocycles. The molecule has 34 heavy (non-hydrogen) atoms. The number of hydrogen-bond acceptors (Lipinski definition) is 5. The molecular weight excluding hydrogens is 432 g/mol. The van der Waals surface area contributed by atoms with Crippen molar-refractivity contribution in [3.05, 3.63) is 95.1 Å². The van der Waals surface area contributed by atoms with E-state index in [0.717, 1.165) is 10.5 Å². The first-order chi connectivity index (χ1) is 16.4. The van der Waals surface area contributed by atoms with Gasteiger partial charge in [-0.3, -0.25) is 14.9 Å². The summed E-state index contributed by atoms with van der Waals surface area (Å²) >= 11 is 0. The van der Waals surface area contributed by atoms with E-state index in [1.54, 1.807) is 48.5 Å². The third-order valence-electron chi connectivity index (χ3n) is 5.22. The van der Waals surface area contributed by atoms with E-state index in [-0.39, 0.29) is 5.57 Å². The molecule has 3 aromatic rings. The van der Waals surface area contributed by atoms with Crippen molar-refractivity contribution in [3.63, 3.8) is 0 Å². The zero-order valence-corrected chi connectivity index (χ0v) is 18.9. The Kier molecular flexibility index (Phi) is 6.73. The predicted molar refractivity (Wildman–Crippen MR) is 129 cm³/mol. The van der Waals surface area contributed by atoms with Crippen molar-refractivity contribution in [1.29, 1.82) is 0 Å². The SMILES string of the molecule is CCOc1ccc(/C=C2\C(=O)NC(=O)N(c3ccc(OCc4ccc(C)cc4)cc3)C2=O)cc1. The molecule has 3 aromatic carbocycles. The van der Waals surface area contributed by atoms with Crippen LogP contribution in [0.4, 0.5) is 10.5 Å². The maximum atomic E-state index is 13.1. The highest BCUT2D eigenvalue weighted by atomic mass is 16.5. The van der Waals surface area contributed by atoms with Crippen LogP contribution >= 0.6 is 0 Å². The topological polar surface area (TPSA) is 84.9 Å². The molecule has 4 amide bonds. The normalized spacial score (nSPS) is 14.8. The van der Waals surface area contributed by atoms with Crippen LogP contribution in [-0.2, 0) is 16.2 Å². The van der Waals surface area contributed by atoms with Gasteiger partial charge in [-0.05, 0) is 67.4 Å². The highest BCUT2D eigenvalue weighted by Gasteiger charge is 2.36. The molecule has 1 fully saturated rings. The van der Waals surface area contributed by atoms with Gasteiger partial charge in [-0.1, -0.05) is 42.0 Å². The fourth-order valence-electron chi connectivity index (χ4n) is 3.43. The Hall–Kier alpha value is -4.39. The Balaban J connectivity index is 1.50. The Bertz CT molecular complexity index is 1230. The van der Waals surface area contributed by atoms with Crippen molar-refractivity contribution in [3.8, 4) is 11.5 Å². The van der Waals surface area contributed by atoms with Crippen LogP contribution in [-0.4, -0.2) is 24.5 Å². The largest absolute Gasteiger partial charge is 0.494 e. The molecule has 4 rings (SSSR count). The molecule has 7 heteroatoms. The predicted octanol–water partition coefficient (Wildman–Crippen LogP) is 4.64. The quantitative estimate of drug-likeness (QED) is 0.414. The molecule has 1 aliphatic heterocycles. The Morgan fingerprint density at radius 2 is 1.44 bits per heavy atom. The maximum absolute atomic E-state index is 13.1. The summed E-state index contributed by atoms with van der Waals surface area (Å²) in [4.78, 5) is 38.8. The van der Waals surface area contributed by atoms with Crippen molar-refractivity contribution < 1.29 is 23.9 Å². The number of amides is 4. The van der Waals surface area contributed by atoms with Gasteiger partial charge in [-0.15, -0.1) is 0 Å². The smallest absolute Gasteiger partial charge is 0.335 e. The fourth-order valence-corrected chi connectivity index (χ4v) is 3.43. The van der Waals surface area contributed by atoms with Crippen molar-refractivity contribution in [2.45, 2.75) is 20.5 Å². The lowest BCUT2D eigenvalue weighted by molar-refractivity contribution is -0.122. The van der Waals surface area contributed by atoms with E-state index in [0.29, 0.717) is 36.0 Å². The van der Waals surface area contributed by atoms with Crippen LogP contribution in [0.5, 0.6) is 11.5 Å². The molecule has 0 bridgehead atoms. The second-order valence-electron chi connectivity index (χ2n) is 7.73. The van der Waals surface area contributed by atoms with Gasteiger partial charge in [0.05, 0.1) is 12.3 Å². The van der Waals surface area contributed by atoms with Gasteiger partial charge in [-0.25, -0.2) is 9.69 Å². The lowest BCUT2D eigenvalue weighted by Crippen LogP contribution is -2.54. The number of nitrogens with one attached hydrogen (secondary N) is 1. The Labute approximate surface area is 197 Å². The van der Waals surface area contributed by atoms with Crippen LogP contribution in [0.3, 0.4) is 0 Å². The molecule has 1 N–H and O–H groups in total. The summed E-state index contributed by atoms with van der Waals surface area (Å²) in [6, 6.07) is 20.8. The molecule has 0 saturated carbocycles. The molecular formula is C27H24N2O5. The molecule has 0 unspecified atom stereocenters. The second kappa shape index (κ2) is 10.0. The van der Waals surface area contributed by atoms with Crippen molar-refractivity contribution in [1.82, 2.24) is 5.32 Å². The molecule has 1 aliphatic rings. The summed E-state index contributed by atoms with van der Waals surface area (Å²) in [7, 11) is 0. The lowest BCUT2D eigenvalue weighted by Gasteiger charge is -2.26. The van der Waals surface area contributed by atoms with E-state index in [9.17, 15) is 14.4 Å². The number of barbiturate groups is 1. The van der Waals surface area contributed by atoms with E-state index in [1.165, 1.54) is 11.6 Å². The average molecular weight is 456 g/mol. The molecule has 7 nitrogen and oxygen atoms in total. The van der Waals surface area contributed by atoms with E-state index in [1.807, 2.05) is 38.1 Å². The second-order valence-corrected chi connectivity index (χ2v) is 7.73. The first-order valence-corrected chi connectivity index (χ1v) is 10.9. The van der Waals surface area contributed by atoms with Gasteiger partial charge in [0.15, 0.2) is 0 Å². The number of aryl methyl sites for hydroxylation is 1. The summed E-state index contributed by atoms with van der Waals surface area (Å²) in [6.07, 6.45) is 1.45. The van der Waals surface area contributed by atoms with Crippen LogP contribution in [0.2, 0.25) is 0 Å². The van der Waals surface area contributed by atoms with Gasteiger partial charge in [0.1, 0.15) is 23.7 Å². The number of ether oxygens (including phenoxy) is 2. The van der Waals surface area contributed by atoms with E-state index in [4.69, 9.17) is 9.47 Å². The van der Waals surface area contributed by atoms with Crippen molar-refractivity contribution in [2.24, 2.45) is 0 Å². The molecule has 1 heterocycles. The minimum Gasteiger partial charge on any atom is -0.494 e. The molecule has 172 valence electrons. The summed E-state index contributed by atoms with van der Waals surface area (Å²) in [5.41, 5.74) is 3.03. The summed E-state index contributed by atoms with van der Waals surface area (Å²) in [5.74, 6) is -0.157. The summed E-state index contributed by atoms with van der Waals surface area (Å²) in [6.45, 7) is 4.84. The van der Waals surface area contributed by atoms with E-state index < -0.39 is 17.8 Å². The number of nitrogens with zero attached hydrogens (tertiary/aromatic N) is 1. The standard InChI is InChI=1S/C27H24N2O5/c1-3-33-22-12-8-19(9-13-22)16-24-25(30)28-27(32)29(26(24)31)21-10-14-23(15-11-21)34-17-20-6-4-18(2)5-7-20/h4-16H,3,17H2,1-2H3,(H,28,30,32)/b24-16+. The van der Waals surface area contributed by atoms with Crippen LogP contribution in [0.15, 0.2) is 78.4 Å². The fraction of sp³-hybridized carbons (Fsp3) is 0.148. The molecule has 1 saturated heterocycles. The van der Waals surface area contributed by atoms with Gasteiger partial charge in [0.25, 0.3) is 11.8 Å². The van der Waals surface area contributed by atoms with Crippen LogP contribution < -0.4 is 19.7 Å². The van der Waals surface area contributed by atoms with Crippen LogP contribution in [0.25, 0.3) is 6.08 Å². The van der Waals surface area contributed by atoms with Crippen LogP contribution in [0, 0.1) is 6.92 Å². The number of rotatable bonds is 7. The molecule has 0 atom stereocenters. The van der Waals surface area contributed by atoms with Gasteiger partial charge in [0, 0.05) is 0 Å². The Morgan fingerprint density at radius 1 is 0.824 bits per heavy atom. The average Bonchev–Trinajstić information content (AvgIpc) is 2.83. The molecule has 0 spiro atoms. The Morgan fingerprint density at radius 3 is 2.09 bits per heavy atom. The van der Waals surface area contributed by atoms with Gasteiger partial charge >= 0.3 is 6.03 Å². The highest BCUT2D eigenvalue weighted by Crippen LogP contribution is 2.25. The zero-order chi connectivity index (χ0) is 24.1. The summed E-state index contributed by atoms with van der Waals surface area (Å²) in [5, 5.41) is 2.23. The maximum Gasteiger partial charge on any atom is 0.335 e. The number of carbonyl (C=O) groups excluding carboxylic acids is 3. The van der Waals surface area contributed by atoms with Gasteiger partial charge < -0.3 is 9.47 Å². The first-order valence-electron chi connectivity index (χ1n) is 10.9. The number of urea groups is 1. The van der Waals surface area contributed by atoms with Gasteiger partial charge in [0.2, 0.25) is 0 Å². The molecule has 0 aromatic heterocycles. The van der Waals surface area contributed by atoms with Crippen molar-refractivity contribution >= 4 is 29.6 Å². The minimum atomic E-state index is -0.799. The summed E-state index contributed by atoms with van der Waals surface area (Å²) < 4.78 is 11.2. The number of imide groups is 2. The monoisotopic (exact) mass is 456 g/mol. The molecule has 0 radical (unpaired) electrons. The third-order valence-corrected chi connectivity index (χ3v) is 5.22. The number of carbonyl (C=O) groups is 3. The van der Waals surface area contributed by atoms with Gasteiger partial charge in [-0.2, -0.15) is 0 Å². The number of benzene rings is 3. The first kappa shape index (κ1) is 22.8. The van der Waals surface area contributed by atoms with Crippen molar-refractivity contribution in [2.75, 3.05) is 11.5 Å².